The molecular weight excluding hydrogens is 356 g/mol. The molecule has 0 nitrogen and oxygen atoms in total. The van der Waals surface area contributed by atoms with Crippen LogP contribution in [0, 0.1) is 65.1 Å². The molecule has 4 saturated carbocycles. The standard InChI is InChI=1S/C27H30S/c1-15-23-21-13-11-19-17-9-5-6-10-18(17)20-12-14-22(25(21)24(19)20)27(23)28-26(15)16-7-3-2-4-8-16/h2-4,7-8,17-25,27H,5-6,9-11,13H2,1H3. The van der Waals surface area contributed by atoms with E-state index in [0.717, 1.165) is 52.6 Å². The number of rotatable bonds is 1. The van der Waals surface area contributed by atoms with E-state index in [-0.39, 0.29) is 0 Å². The molecule has 10 unspecified atom stereocenters. The van der Waals surface area contributed by atoms with E-state index in [1.807, 2.05) is 0 Å². The minimum atomic E-state index is 0.667. The molecule has 7 rings (SSSR count). The molecule has 6 aliphatic rings. The van der Waals surface area contributed by atoms with Crippen LogP contribution < -0.4 is 0 Å². The second-order valence-electron chi connectivity index (χ2n) is 10.5. The summed E-state index contributed by atoms with van der Waals surface area (Å²) in [5.74, 6) is 15.9. The van der Waals surface area contributed by atoms with Crippen LogP contribution >= 0.6 is 11.8 Å². The summed E-state index contributed by atoms with van der Waals surface area (Å²) in [7, 11) is 0. The molecule has 0 saturated heterocycles. The third-order valence-electron chi connectivity index (χ3n) is 9.72. The van der Waals surface area contributed by atoms with Crippen molar-refractivity contribution < 1.29 is 0 Å². The molecule has 0 amide bonds. The lowest BCUT2D eigenvalue weighted by Gasteiger charge is -2.43. The zero-order chi connectivity index (χ0) is 18.4. The molecule has 0 spiro atoms. The van der Waals surface area contributed by atoms with Crippen LogP contribution in [0.5, 0.6) is 0 Å². The molecule has 1 aliphatic heterocycles. The number of hydrogen-bond acceptors (Lipinski definition) is 1. The van der Waals surface area contributed by atoms with Crippen molar-refractivity contribution in [2.24, 2.45) is 53.3 Å². The summed E-state index contributed by atoms with van der Waals surface area (Å²) in [5.41, 5.74) is 3.14. The van der Waals surface area contributed by atoms with Gasteiger partial charge in [0.1, 0.15) is 0 Å². The molecule has 5 aliphatic carbocycles. The van der Waals surface area contributed by atoms with Gasteiger partial charge in [0, 0.05) is 22.0 Å². The summed E-state index contributed by atoms with van der Waals surface area (Å²) in [6.07, 6.45) is 8.97. The van der Waals surface area contributed by atoms with E-state index in [9.17, 15) is 0 Å². The van der Waals surface area contributed by atoms with Gasteiger partial charge in [-0.1, -0.05) is 60.6 Å². The van der Waals surface area contributed by atoms with Crippen molar-refractivity contribution in [3.05, 3.63) is 41.5 Å². The van der Waals surface area contributed by atoms with Crippen LogP contribution in [0.15, 0.2) is 35.9 Å². The van der Waals surface area contributed by atoms with Crippen LogP contribution in [0.25, 0.3) is 4.91 Å². The van der Waals surface area contributed by atoms with E-state index in [2.05, 4.69) is 60.9 Å². The average Bonchev–Trinajstić information content (AvgIpc) is 3.36. The van der Waals surface area contributed by atoms with Gasteiger partial charge in [-0.2, -0.15) is 0 Å². The van der Waals surface area contributed by atoms with Crippen LogP contribution in [0.4, 0.5) is 0 Å². The molecule has 10 atom stereocenters. The lowest BCUT2D eigenvalue weighted by Crippen LogP contribution is -2.39. The fourth-order valence-electron chi connectivity index (χ4n) is 8.96. The van der Waals surface area contributed by atoms with E-state index < -0.39 is 0 Å². The number of thioether (sulfide) groups is 1. The largest absolute Gasteiger partial charge is 0.120 e. The number of benzene rings is 1. The predicted molar refractivity (Wildman–Crippen MR) is 117 cm³/mol. The zero-order valence-electron chi connectivity index (χ0n) is 16.8. The Hall–Kier alpha value is -1.13. The molecule has 4 fully saturated rings. The quantitative estimate of drug-likeness (QED) is 0.497. The molecule has 0 aromatic heterocycles. The van der Waals surface area contributed by atoms with Gasteiger partial charge in [0.15, 0.2) is 0 Å². The van der Waals surface area contributed by atoms with Gasteiger partial charge >= 0.3 is 0 Å². The maximum absolute atomic E-state index is 3.94. The monoisotopic (exact) mass is 386 g/mol. The van der Waals surface area contributed by atoms with Gasteiger partial charge < -0.3 is 0 Å². The van der Waals surface area contributed by atoms with E-state index in [1.54, 1.807) is 10.5 Å². The number of allylic oxidation sites excluding steroid dienone is 1. The molecule has 1 heterocycles. The second-order valence-corrected chi connectivity index (χ2v) is 11.7. The molecule has 28 heavy (non-hydrogen) atoms. The minimum Gasteiger partial charge on any atom is -0.120 e. The van der Waals surface area contributed by atoms with E-state index in [0.29, 0.717) is 5.92 Å². The Labute approximate surface area is 173 Å². The summed E-state index contributed by atoms with van der Waals surface area (Å²) in [6.45, 7) is 2.46. The Balaban J connectivity index is 1.29. The first kappa shape index (κ1) is 16.6. The Bertz CT molecular complexity index is 901. The first-order valence-corrected chi connectivity index (χ1v) is 12.6. The van der Waals surface area contributed by atoms with Crippen molar-refractivity contribution in [2.45, 2.75) is 50.7 Å². The van der Waals surface area contributed by atoms with Crippen molar-refractivity contribution in [1.82, 2.24) is 0 Å². The fourth-order valence-corrected chi connectivity index (χ4v) is 10.8. The van der Waals surface area contributed by atoms with Gasteiger partial charge in [0.05, 0.1) is 0 Å². The molecule has 144 valence electrons. The molecule has 0 N–H and O–H groups in total. The van der Waals surface area contributed by atoms with Crippen LogP contribution in [-0.4, -0.2) is 5.25 Å². The molecule has 0 radical (unpaired) electrons. The van der Waals surface area contributed by atoms with Gasteiger partial charge in [-0.15, -0.1) is 11.8 Å². The Morgan fingerprint density at radius 3 is 2.36 bits per heavy atom. The topological polar surface area (TPSA) is 0 Å². The Morgan fingerprint density at radius 2 is 1.50 bits per heavy atom. The molecular formula is C27H30S. The lowest BCUT2D eigenvalue weighted by atomic mass is 9.61. The Morgan fingerprint density at radius 1 is 0.786 bits per heavy atom. The van der Waals surface area contributed by atoms with Gasteiger partial charge in [-0.3, -0.25) is 0 Å². The maximum atomic E-state index is 3.94. The van der Waals surface area contributed by atoms with Gasteiger partial charge in [0.25, 0.3) is 0 Å². The Kier molecular flexibility index (Phi) is 3.54. The van der Waals surface area contributed by atoms with Gasteiger partial charge in [0.2, 0.25) is 0 Å². The molecule has 1 aromatic rings. The summed E-state index contributed by atoms with van der Waals surface area (Å²) in [5, 5.41) is 0.736. The van der Waals surface area contributed by atoms with Gasteiger partial charge in [-0.05, 0) is 79.6 Å². The average molecular weight is 387 g/mol. The highest BCUT2D eigenvalue weighted by molar-refractivity contribution is 8.09. The van der Waals surface area contributed by atoms with E-state index in [1.165, 1.54) is 44.1 Å². The number of fused-ring (bicyclic) bond motifs is 6. The molecule has 1 aromatic carbocycles. The first-order valence-electron chi connectivity index (χ1n) is 11.8. The zero-order valence-corrected chi connectivity index (χ0v) is 17.6. The predicted octanol–water partition coefficient (Wildman–Crippen LogP) is 6.49. The summed E-state index contributed by atoms with van der Waals surface area (Å²) in [6, 6.07) is 11.2. The highest BCUT2D eigenvalue weighted by Crippen LogP contribution is 2.70. The summed E-state index contributed by atoms with van der Waals surface area (Å²) in [4.78, 5) is 1.58. The SMILES string of the molecule is CC1=C(c2ccccc2)SC2C3C#CC4C5CCCCC5C5CCC(C12)C3C45. The summed E-state index contributed by atoms with van der Waals surface area (Å²) >= 11 is 2.20. The van der Waals surface area contributed by atoms with E-state index in [4.69, 9.17) is 0 Å². The van der Waals surface area contributed by atoms with Crippen LogP contribution in [0.1, 0.15) is 51.0 Å². The maximum Gasteiger partial charge on any atom is 0.0365 e. The normalized spacial score (nSPS) is 49.9. The van der Waals surface area contributed by atoms with Crippen molar-refractivity contribution in [2.75, 3.05) is 0 Å². The third kappa shape index (κ3) is 2.01. The van der Waals surface area contributed by atoms with Crippen molar-refractivity contribution in [1.29, 1.82) is 0 Å². The minimum absolute atomic E-state index is 0.667. The highest BCUT2D eigenvalue weighted by atomic mass is 32.2. The van der Waals surface area contributed by atoms with Crippen LogP contribution in [0.3, 0.4) is 0 Å². The highest BCUT2D eigenvalue weighted by Gasteiger charge is 2.65. The van der Waals surface area contributed by atoms with Crippen molar-refractivity contribution in [3.63, 3.8) is 0 Å². The smallest absolute Gasteiger partial charge is 0.0365 e. The van der Waals surface area contributed by atoms with Crippen LogP contribution in [-0.2, 0) is 0 Å². The van der Waals surface area contributed by atoms with Crippen molar-refractivity contribution in [3.8, 4) is 11.8 Å². The molecule has 1 heteroatoms. The summed E-state index contributed by atoms with van der Waals surface area (Å²) < 4.78 is 0. The first-order chi connectivity index (χ1) is 13.8. The third-order valence-corrected chi connectivity index (χ3v) is 11.4. The van der Waals surface area contributed by atoms with Crippen molar-refractivity contribution >= 4 is 16.7 Å². The molecule has 0 bridgehead atoms. The fraction of sp³-hybridized carbons (Fsp3) is 0.630. The van der Waals surface area contributed by atoms with Gasteiger partial charge in [-0.25, -0.2) is 0 Å². The second kappa shape index (κ2) is 5.95. The van der Waals surface area contributed by atoms with E-state index >= 15 is 0 Å². The number of hydrogen-bond donors (Lipinski definition) is 0. The lowest BCUT2D eigenvalue weighted by molar-refractivity contribution is 0.0719. The van der Waals surface area contributed by atoms with Crippen LogP contribution in [0.2, 0.25) is 0 Å².